The van der Waals surface area contributed by atoms with Gasteiger partial charge >= 0.3 is 11.9 Å². The molecule has 1 saturated carbocycles. The van der Waals surface area contributed by atoms with Gasteiger partial charge in [0.2, 0.25) is 0 Å². The quantitative estimate of drug-likeness (QED) is 0.551. The van der Waals surface area contributed by atoms with Gasteiger partial charge in [-0.25, -0.2) is 0 Å². The molecule has 80 valence electrons. The van der Waals surface area contributed by atoms with E-state index in [-0.39, 0.29) is 0 Å². The highest BCUT2D eigenvalue weighted by molar-refractivity contribution is 5.93. The molecule has 1 aliphatic carbocycles. The van der Waals surface area contributed by atoms with Crippen molar-refractivity contribution in [2.45, 2.75) is 32.1 Å². The Kier molecular flexibility index (Phi) is 3.92. The minimum Gasteiger partial charge on any atom is -0.481 e. The van der Waals surface area contributed by atoms with E-state index in [1.165, 1.54) is 7.11 Å². The molecule has 0 aliphatic heterocycles. The molecular weight excluding hydrogens is 184 g/mol. The Morgan fingerprint density at radius 3 is 2.43 bits per heavy atom. The zero-order chi connectivity index (χ0) is 10.6. The minimum absolute atomic E-state index is 0.384. The molecule has 0 saturated heterocycles. The Balaban J connectivity index is 2.50. The van der Waals surface area contributed by atoms with Crippen LogP contribution in [0.15, 0.2) is 0 Å². The van der Waals surface area contributed by atoms with E-state index >= 15 is 0 Å². The third-order valence-corrected chi connectivity index (χ3v) is 2.83. The van der Waals surface area contributed by atoms with E-state index in [1.807, 2.05) is 0 Å². The monoisotopic (exact) mass is 200 g/mol. The Morgan fingerprint density at radius 1 is 1.43 bits per heavy atom. The number of rotatable bonds is 4. The molecule has 0 spiro atoms. The molecule has 4 heteroatoms. The first-order valence-electron chi connectivity index (χ1n) is 4.95. The largest absolute Gasteiger partial charge is 0.481 e. The summed E-state index contributed by atoms with van der Waals surface area (Å²) in [4.78, 5) is 21.9. The normalized spacial score (nSPS) is 19.2. The maximum atomic E-state index is 11.1. The highest BCUT2D eigenvalue weighted by Crippen LogP contribution is 2.30. The summed E-state index contributed by atoms with van der Waals surface area (Å²) < 4.78 is 4.46. The van der Waals surface area contributed by atoms with Crippen molar-refractivity contribution in [2.75, 3.05) is 7.11 Å². The molecule has 0 heterocycles. The first-order valence-corrected chi connectivity index (χ1v) is 4.95. The first kappa shape index (κ1) is 11.0. The number of carbonyl (C=O) groups excluding carboxylic acids is 1. The summed E-state index contributed by atoms with van der Waals surface area (Å²) in [6.07, 6.45) is 4.82. The SMILES string of the molecule is COC(=O)[C@@H](CC1CCCC1)C(=O)O. The molecule has 0 bridgehead atoms. The van der Waals surface area contributed by atoms with Crippen molar-refractivity contribution >= 4 is 11.9 Å². The van der Waals surface area contributed by atoms with E-state index in [1.54, 1.807) is 0 Å². The molecule has 0 amide bonds. The smallest absolute Gasteiger partial charge is 0.320 e. The van der Waals surface area contributed by atoms with E-state index in [2.05, 4.69) is 4.74 Å². The highest BCUT2D eigenvalue weighted by Gasteiger charge is 2.31. The van der Waals surface area contributed by atoms with Gasteiger partial charge in [-0.1, -0.05) is 25.7 Å². The lowest BCUT2D eigenvalue weighted by atomic mass is 9.93. The van der Waals surface area contributed by atoms with Gasteiger partial charge in [0.15, 0.2) is 5.92 Å². The summed E-state index contributed by atoms with van der Waals surface area (Å²) in [5, 5.41) is 8.83. The van der Waals surface area contributed by atoms with Crippen molar-refractivity contribution < 1.29 is 19.4 Å². The van der Waals surface area contributed by atoms with Crippen molar-refractivity contribution in [3.8, 4) is 0 Å². The van der Waals surface area contributed by atoms with Gasteiger partial charge in [-0.2, -0.15) is 0 Å². The molecule has 1 N–H and O–H groups in total. The van der Waals surface area contributed by atoms with Crippen LogP contribution < -0.4 is 0 Å². The molecule has 0 unspecified atom stereocenters. The summed E-state index contributed by atoms with van der Waals surface area (Å²) >= 11 is 0. The van der Waals surface area contributed by atoms with E-state index in [9.17, 15) is 9.59 Å². The van der Waals surface area contributed by atoms with Crippen LogP contribution in [-0.4, -0.2) is 24.2 Å². The highest BCUT2D eigenvalue weighted by atomic mass is 16.5. The number of carbonyl (C=O) groups is 2. The lowest BCUT2D eigenvalue weighted by Gasteiger charge is -2.14. The van der Waals surface area contributed by atoms with Gasteiger partial charge in [0.1, 0.15) is 0 Å². The number of aliphatic carboxylic acids is 1. The fraction of sp³-hybridized carbons (Fsp3) is 0.800. The average molecular weight is 200 g/mol. The summed E-state index contributed by atoms with van der Waals surface area (Å²) in [5.41, 5.74) is 0. The molecule has 1 aliphatic rings. The Labute approximate surface area is 83.2 Å². The van der Waals surface area contributed by atoms with Crippen molar-refractivity contribution in [3.63, 3.8) is 0 Å². The van der Waals surface area contributed by atoms with E-state index in [4.69, 9.17) is 5.11 Å². The summed E-state index contributed by atoms with van der Waals surface area (Å²) in [6.45, 7) is 0. The molecule has 4 nitrogen and oxygen atoms in total. The third kappa shape index (κ3) is 2.72. The van der Waals surface area contributed by atoms with Crippen LogP contribution in [0.3, 0.4) is 0 Å². The molecule has 1 rings (SSSR count). The number of methoxy groups -OCH3 is 1. The van der Waals surface area contributed by atoms with Crippen LogP contribution in [-0.2, 0) is 14.3 Å². The molecule has 14 heavy (non-hydrogen) atoms. The van der Waals surface area contributed by atoms with Gasteiger partial charge in [-0.15, -0.1) is 0 Å². The van der Waals surface area contributed by atoms with Crippen LogP contribution >= 0.6 is 0 Å². The minimum atomic E-state index is -1.07. The number of hydrogen-bond donors (Lipinski definition) is 1. The summed E-state index contributed by atoms with van der Waals surface area (Å²) in [5.74, 6) is -2.27. The predicted molar refractivity (Wildman–Crippen MR) is 49.7 cm³/mol. The first-order chi connectivity index (χ1) is 6.65. The van der Waals surface area contributed by atoms with Crippen molar-refractivity contribution in [1.82, 2.24) is 0 Å². The van der Waals surface area contributed by atoms with Crippen molar-refractivity contribution in [2.24, 2.45) is 11.8 Å². The maximum Gasteiger partial charge on any atom is 0.320 e. The number of carboxylic acid groups (broad SMARTS) is 1. The van der Waals surface area contributed by atoms with E-state index in [0.29, 0.717) is 12.3 Å². The number of hydrogen-bond acceptors (Lipinski definition) is 3. The Morgan fingerprint density at radius 2 is 2.00 bits per heavy atom. The molecule has 0 aromatic carbocycles. The Hall–Kier alpha value is -1.06. The maximum absolute atomic E-state index is 11.1. The van der Waals surface area contributed by atoms with Crippen molar-refractivity contribution in [1.29, 1.82) is 0 Å². The van der Waals surface area contributed by atoms with Crippen LogP contribution in [0.4, 0.5) is 0 Å². The third-order valence-electron chi connectivity index (χ3n) is 2.83. The second-order valence-corrected chi connectivity index (χ2v) is 3.80. The zero-order valence-electron chi connectivity index (χ0n) is 8.36. The average Bonchev–Trinajstić information content (AvgIpc) is 2.65. The predicted octanol–water partition coefficient (Wildman–Crippen LogP) is 1.44. The van der Waals surface area contributed by atoms with Gasteiger partial charge in [-0.3, -0.25) is 9.59 Å². The second kappa shape index (κ2) is 4.98. The molecule has 0 aromatic rings. The lowest BCUT2D eigenvalue weighted by Crippen LogP contribution is -2.26. The van der Waals surface area contributed by atoms with Gasteiger partial charge in [0.05, 0.1) is 7.11 Å². The van der Waals surface area contributed by atoms with Crippen LogP contribution in [0.2, 0.25) is 0 Å². The fourth-order valence-electron chi connectivity index (χ4n) is 2.02. The van der Waals surface area contributed by atoms with Gasteiger partial charge in [0, 0.05) is 0 Å². The second-order valence-electron chi connectivity index (χ2n) is 3.80. The van der Waals surface area contributed by atoms with Crippen LogP contribution in [0.25, 0.3) is 0 Å². The lowest BCUT2D eigenvalue weighted by molar-refractivity contribution is -0.157. The summed E-state index contributed by atoms with van der Waals surface area (Å²) in [6, 6.07) is 0. The number of carboxylic acids is 1. The van der Waals surface area contributed by atoms with Crippen LogP contribution in [0.1, 0.15) is 32.1 Å². The van der Waals surface area contributed by atoms with Crippen molar-refractivity contribution in [3.05, 3.63) is 0 Å². The van der Waals surface area contributed by atoms with E-state index in [0.717, 1.165) is 25.7 Å². The number of ether oxygens (including phenoxy) is 1. The summed E-state index contributed by atoms with van der Waals surface area (Å²) in [7, 11) is 1.23. The molecule has 1 fully saturated rings. The van der Waals surface area contributed by atoms with Crippen LogP contribution in [0, 0.1) is 11.8 Å². The topological polar surface area (TPSA) is 63.6 Å². The van der Waals surface area contributed by atoms with Gasteiger partial charge in [0.25, 0.3) is 0 Å². The van der Waals surface area contributed by atoms with E-state index < -0.39 is 17.9 Å². The number of esters is 1. The molecule has 0 radical (unpaired) electrons. The standard InChI is InChI=1S/C10H16O4/c1-14-10(13)8(9(11)12)6-7-4-2-3-5-7/h7-8H,2-6H2,1H3,(H,11,12)/t8-/m0/s1. The Bertz CT molecular complexity index is 218. The molecule has 0 aromatic heterocycles. The molecule has 1 atom stereocenters. The molecular formula is C10H16O4. The fourth-order valence-corrected chi connectivity index (χ4v) is 2.02. The van der Waals surface area contributed by atoms with Gasteiger partial charge in [-0.05, 0) is 12.3 Å². The zero-order valence-corrected chi connectivity index (χ0v) is 8.36. The van der Waals surface area contributed by atoms with Crippen LogP contribution in [0.5, 0.6) is 0 Å². The van der Waals surface area contributed by atoms with Gasteiger partial charge < -0.3 is 9.84 Å².